The van der Waals surface area contributed by atoms with Crippen LogP contribution in [0.25, 0.3) is 28.3 Å². The van der Waals surface area contributed by atoms with E-state index in [9.17, 15) is 13.6 Å². The van der Waals surface area contributed by atoms with Crippen molar-refractivity contribution >= 4 is 28.9 Å². The molecule has 3 aromatic heterocycles. The molecule has 0 bridgehead atoms. The molecule has 0 aliphatic carbocycles. The van der Waals surface area contributed by atoms with E-state index in [2.05, 4.69) is 25.5 Å². The number of imidazole rings is 1. The third kappa shape index (κ3) is 6.38. The summed E-state index contributed by atoms with van der Waals surface area (Å²) in [7, 11) is 4.05. The van der Waals surface area contributed by atoms with Gasteiger partial charge < -0.3 is 15.5 Å². The molecule has 11 heteroatoms. The number of nitrogens with zero attached hydrogens (tertiary/aromatic N) is 5. The Kier molecular flexibility index (Phi) is 8.26. The molecule has 6 rings (SSSR count). The second-order valence-electron chi connectivity index (χ2n) is 10.6. The highest BCUT2D eigenvalue weighted by atomic mass is 19.1. The van der Waals surface area contributed by atoms with Gasteiger partial charge in [-0.25, -0.2) is 28.1 Å². The molecule has 0 aliphatic rings. The number of likely N-dealkylation sites (N-methyl/N-ethyl adjacent to an activating group) is 1. The molecule has 0 spiro atoms. The average Bonchev–Trinajstić information content (AvgIpc) is 3.41. The molecule has 8 nitrogen and oxygen atoms in total. The predicted molar refractivity (Wildman–Crippen MR) is 168 cm³/mol. The molecule has 0 aliphatic heterocycles. The lowest BCUT2D eigenvalue weighted by Crippen LogP contribution is -2.15. The third-order valence-corrected chi connectivity index (χ3v) is 7.14. The van der Waals surface area contributed by atoms with E-state index < -0.39 is 28.9 Å². The number of nitrogens with one attached hydrogen (secondary N) is 2. The summed E-state index contributed by atoms with van der Waals surface area (Å²) in [4.78, 5) is 28.3. The number of amides is 1. The highest BCUT2D eigenvalue weighted by molar-refractivity contribution is 6.05. The molecule has 0 saturated heterocycles. The van der Waals surface area contributed by atoms with Gasteiger partial charge in [0.15, 0.2) is 5.82 Å². The van der Waals surface area contributed by atoms with Gasteiger partial charge in [-0.3, -0.25) is 9.20 Å². The average molecular weight is 608 g/mol. The number of carbonyl (C=O) groups is 1. The van der Waals surface area contributed by atoms with Gasteiger partial charge in [0.05, 0.1) is 11.9 Å². The standard InChI is InChI=1S/C34H28F3N7O/c1-43(2)18-16-21-12-14-23(15-13-21)40-34-38-20-27(37)31(42-34)32-30(41-28-11-3-4-17-44(28)32)22-7-5-8-24(19-22)39-33(45)29-25(35)9-6-10-26(29)36/h3-15,17,19-20H,16,18H2,1-2H3,(H,39,45)(H,38,40,42). The van der Waals surface area contributed by atoms with Crippen molar-refractivity contribution in [2.45, 2.75) is 6.42 Å². The Morgan fingerprint density at radius 1 is 0.822 bits per heavy atom. The van der Waals surface area contributed by atoms with Crippen molar-refractivity contribution in [1.82, 2.24) is 24.3 Å². The number of aromatic nitrogens is 4. The van der Waals surface area contributed by atoms with E-state index in [0.29, 0.717) is 22.6 Å². The van der Waals surface area contributed by atoms with Crippen LogP contribution >= 0.6 is 0 Å². The zero-order valence-electron chi connectivity index (χ0n) is 24.4. The van der Waals surface area contributed by atoms with Gasteiger partial charge in [-0.1, -0.05) is 36.4 Å². The first kappa shape index (κ1) is 29.5. The van der Waals surface area contributed by atoms with E-state index in [0.717, 1.165) is 37.0 Å². The van der Waals surface area contributed by atoms with Crippen molar-refractivity contribution in [3.05, 3.63) is 126 Å². The van der Waals surface area contributed by atoms with Crippen molar-refractivity contribution < 1.29 is 18.0 Å². The molecule has 1 amide bonds. The summed E-state index contributed by atoms with van der Waals surface area (Å²) in [6.07, 6.45) is 3.75. The van der Waals surface area contributed by atoms with Crippen LogP contribution in [0, 0.1) is 17.5 Å². The van der Waals surface area contributed by atoms with Gasteiger partial charge in [0, 0.05) is 29.7 Å². The lowest BCUT2D eigenvalue weighted by Gasteiger charge is -2.12. The Balaban J connectivity index is 1.35. The summed E-state index contributed by atoms with van der Waals surface area (Å²) in [5.74, 6) is -3.37. The SMILES string of the molecule is CN(C)CCc1ccc(Nc2ncc(F)c(-c3c(-c4cccc(NC(=O)c5c(F)cccc5F)c4)nc4ccccn34)n2)cc1. The van der Waals surface area contributed by atoms with Gasteiger partial charge in [0.25, 0.3) is 5.91 Å². The highest BCUT2D eigenvalue weighted by Crippen LogP contribution is 2.35. The molecular formula is C34H28F3N7O. The highest BCUT2D eigenvalue weighted by Gasteiger charge is 2.22. The third-order valence-electron chi connectivity index (χ3n) is 7.14. The number of hydrogen-bond donors (Lipinski definition) is 2. The topological polar surface area (TPSA) is 87.5 Å². The Morgan fingerprint density at radius 2 is 1.58 bits per heavy atom. The van der Waals surface area contributed by atoms with Crippen molar-refractivity contribution in [3.63, 3.8) is 0 Å². The van der Waals surface area contributed by atoms with Crippen LogP contribution in [0.4, 0.5) is 30.5 Å². The van der Waals surface area contributed by atoms with E-state index in [1.807, 2.05) is 38.4 Å². The number of halogens is 3. The van der Waals surface area contributed by atoms with Crippen LogP contribution in [-0.2, 0) is 6.42 Å². The molecule has 45 heavy (non-hydrogen) atoms. The molecular weight excluding hydrogens is 579 g/mol. The van der Waals surface area contributed by atoms with Crippen molar-refractivity contribution in [3.8, 4) is 22.6 Å². The molecule has 2 N–H and O–H groups in total. The number of anilines is 3. The Morgan fingerprint density at radius 3 is 2.33 bits per heavy atom. The number of benzene rings is 3. The normalized spacial score (nSPS) is 11.2. The predicted octanol–water partition coefficient (Wildman–Crippen LogP) is 6.98. The van der Waals surface area contributed by atoms with E-state index >= 15 is 4.39 Å². The molecule has 226 valence electrons. The Labute approximate surface area is 257 Å². The molecule has 0 atom stereocenters. The number of pyridine rings is 1. The first-order valence-corrected chi connectivity index (χ1v) is 14.1. The van der Waals surface area contributed by atoms with Gasteiger partial charge >= 0.3 is 0 Å². The summed E-state index contributed by atoms with van der Waals surface area (Å²) < 4.78 is 45.6. The van der Waals surface area contributed by atoms with E-state index in [4.69, 9.17) is 4.98 Å². The number of hydrogen-bond acceptors (Lipinski definition) is 6. The number of carbonyl (C=O) groups excluding carboxylic acids is 1. The van der Waals surface area contributed by atoms with Crippen LogP contribution in [0.1, 0.15) is 15.9 Å². The minimum atomic E-state index is -0.977. The summed E-state index contributed by atoms with van der Waals surface area (Å²) in [5, 5.41) is 5.69. The fourth-order valence-corrected chi connectivity index (χ4v) is 4.91. The number of fused-ring (bicyclic) bond motifs is 1. The maximum Gasteiger partial charge on any atom is 0.261 e. The largest absolute Gasteiger partial charge is 0.324 e. The van der Waals surface area contributed by atoms with Crippen molar-refractivity contribution in [2.24, 2.45) is 0 Å². The smallest absolute Gasteiger partial charge is 0.261 e. The zero-order valence-corrected chi connectivity index (χ0v) is 24.4. The van der Waals surface area contributed by atoms with Crippen LogP contribution in [0.15, 0.2) is 97.3 Å². The maximum atomic E-state index is 15.5. The first-order valence-electron chi connectivity index (χ1n) is 14.1. The molecule has 3 heterocycles. The van der Waals surface area contributed by atoms with Gasteiger partial charge in [-0.15, -0.1) is 0 Å². The lowest BCUT2D eigenvalue weighted by atomic mass is 10.1. The van der Waals surface area contributed by atoms with Gasteiger partial charge in [-0.05, 0) is 74.6 Å². The zero-order chi connectivity index (χ0) is 31.5. The maximum absolute atomic E-state index is 15.5. The van der Waals surface area contributed by atoms with Crippen LogP contribution < -0.4 is 10.6 Å². The minimum Gasteiger partial charge on any atom is -0.324 e. The van der Waals surface area contributed by atoms with Crippen molar-refractivity contribution in [1.29, 1.82) is 0 Å². The van der Waals surface area contributed by atoms with E-state index in [-0.39, 0.29) is 17.3 Å². The van der Waals surface area contributed by atoms with Crippen LogP contribution in [-0.4, -0.2) is 50.8 Å². The molecule has 6 aromatic rings. The molecule has 0 radical (unpaired) electrons. The number of rotatable bonds is 9. The fourth-order valence-electron chi connectivity index (χ4n) is 4.91. The summed E-state index contributed by atoms with van der Waals surface area (Å²) >= 11 is 0. The van der Waals surface area contributed by atoms with E-state index in [1.54, 1.807) is 53.1 Å². The van der Waals surface area contributed by atoms with Crippen LogP contribution in [0.3, 0.4) is 0 Å². The monoisotopic (exact) mass is 607 g/mol. The first-order chi connectivity index (χ1) is 21.8. The van der Waals surface area contributed by atoms with Crippen molar-refractivity contribution in [2.75, 3.05) is 31.3 Å². The van der Waals surface area contributed by atoms with E-state index in [1.165, 1.54) is 11.6 Å². The summed E-state index contributed by atoms with van der Waals surface area (Å²) in [6, 6.07) is 23.0. The van der Waals surface area contributed by atoms with Crippen LogP contribution in [0.5, 0.6) is 0 Å². The fraction of sp³-hybridized carbons (Fsp3) is 0.118. The van der Waals surface area contributed by atoms with Crippen LogP contribution in [0.2, 0.25) is 0 Å². The molecule has 0 saturated carbocycles. The van der Waals surface area contributed by atoms with Gasteiger partial charge in [-0.2, -0.15) is 0 Å². The minimum absolute atomic E-state index is 0.00618. The van der Waals surface area contributed by atoms with Gasteiger partial charge in [0.2, 0.25) is 5.95 Å². The molecule has 0 unspecified atom stereocenters. The molecule has 0 fully saturated rings. The quantitative estimate of drug-likeness (QED) is 0.185. The second-order valence-corrected chi connectivity index (χ2v) is 10.6. The lowest BCUT2D eigenvalue weighted by molar-refractivity contribution is 0.101. The Hall–Kier alpha value is -5.55. The molecule has 3 aromatic carbocycles. The summed E-state index contributed by atoms with van der Waals surface area (Å²) in [6.45, 7) is 0.929. The Bertz CT molecular complexity index is 1990. The summed E-state index contributed by atoms with van der Waals surface area (Å²) in [5.41, 5.74) is 3.29. The second kappa shape index (κ2) is 12.6. The van der Waals surface area contributed by atoms with Gasteiger partial charge in [0.1, 0.15) is 34.2 Å².